The highest BCUT2D eigenvalue weighted by Gasteiger charge is 2.16. The van der Waals surface area contributed by atoms with Crippen LogP contribution in [0.2, 0.25) is 0 Å². The lowest BCUT2D eigenvalue weighted by Gasteiger charge is -2.12. The summed E-state index contributed by atoms with van der Waals surface area (Å²) >= 11 is 0. The minimum absolute atomic E-state index is 0.0966. The molecule has 0 saturated carbocycles. The highest BCUT2D eigenvalue weighted by molar-refractivity contribution is 6.17. The lowest BCUT2D eigenvalue weighted by molar-refractivity contribution is 0.104. The van der Waals surface area contributed by atoms with Crippen LogP contribution in [0.4, 0.5) is 0 Å². The lowest BCUT2D eigenvalue weighted by Crippen LogP contribution is -2.05. The van der Waals surface area contributed by atoms with Gasteiger partial charge in [-0.1, -0.05) is 60.7 Å². The molecule has 0 aliphatic heterocycles. The molecule has 98 valence electrons. The fourth-order valence-corrected chi connectivity index (χ4v) is 2.77. The maximum absolute atomic E-state index is 12.8. The van der Waals surface area contributed by atoms with Gasteiger partial charge >= 0.3 is 0 Å². The molecule has 0 fully saturated rings. The Morgan fingerprint density at radius 3 is 2.05 bits per heavy atom. The third kappa shape index (κ3) is 2.01. The monoisotopic (exact) mass is 260 g/mol. The molecule has 0 spiro atoms. The van der Waals surface area contributed by atoms with E-state index in [0.29, 0.717) is 0 Å². The van der Waals surface area contributed by atoms with Gasteiger partial charge in [0.25, 0.3) is 0 Å². The summed E-state index contributed by atoms with van der Waals surface area (Å²) < 4.78 is 0. The van der Waals surface area contributed by atoms with E-state index >= 15 is 0 Å². The Balaban J connectivity index is 2.29. The zero-order valence-corrected chi connectivity index (χ0v) is 11.7. The van der Waals surface area contributed by atoms with Gasteiger partial charge in [-0.25, -0.2) is 0 Å². The molecule has 0 unspecified atom stereocenters. The second-order valence-corrected chi connectivity index (χ2v) is 5.13. The number of fused-ring (bicyclic) bond motifs is 1. The van der Waals surface area contributed by atoms with E-state index in [1.165, 1.54) is 5.56 Å². The van der Waals surface area contributed by atoms with Crippen LogP contribution in [-0.4, -0.2) is 5.78 Å². The van der Waals surface area contributed by atoms with Crippen LogP contribution in [0.5, 0.6) is 0 Å². The number of ketones is 1. The Bertz CT molecular complexity index is 785. The minimum atomic E-state index is 0.0966. The van der Waals surface area contributed by atoms with E-state index in [1.807, 2.05) is 55.5 Å². The Morgan fingerprint density at radius 1 is 0.750 bits per heavy atom. The fraction of sp³-hybridized carbons (Fsp3) is 0.105. The number of carbonyl (C=O) groups excluding carboxylic acids is 1. The lowest BCUT2D eigenvalue weighted by atomic mass is 9.91. The molecule has 1 nitrogen and oxygen atoms in total. The topological polar surface area (TPSA) is 17.1 Å². The van der Waals surface area contributed by atoms with Gasteiger partial charge in [0.1, 0.15) is 0 Å². The third-order valence-electron chi connectivity index (χ3n) is 3.71. The molecule has 3 aromatic rings. The Morgan fingerprint density at radius 2 is 1.35 bits per heavy atom. The van der Waals surface area contributed by atoms with Gasteiger partial charge in [-0.3, -0.25) is 4.79 Å². The van der Waals surface area contributed by atoms with Crippen molar-refractivity contribution in [3.8, 4) is 0 Å². The molecule has 3 aromatic carbocycles. The first kappa shape index (κ1) is 12.6. The van der Waals surface area contributed by atoms with Gasteiger partial charge in [0.2, 0.25) is 0 Å². The molecule has 0 bridgehead atoms. The summed E-state index contributed by atoms with van der Waals surface area (Å²) in [5.41, 5.74) is 3.81. The molecule has 0 heterocycles. The van der Waals surface area contributed by atoms with Gasteiger partial charge in [0, 0.05) is 11.1 Å². The van der Waals surface area contributed by atoms with Gasteiger partial charge in [-0.05, 0) is 35.7 Å². The molecular formula is C19H16O. The van der Waals surface area contributed by atoms with Gasteiger partial charge < -0.3 is 0 Å². The summed E-state index contributed by atoms with van der Waals surface area (Å²) in [4.78, 5) is 12.8. The summed E-state index contributed by atoms with van der Waals surface area (Å²) in [5, 5.41) is 2.19. The van der Waals surface area contributed by atoms with Crippen molar-refractivity contribution in [3.05, 3.63) is 82.9 Å². The fourth-order valence-electron chi connectivity index (χ4n) is 2.77. The number of hydrogen-bond donors (Lipinski definition) is 0. The molecular weight excluding hydrogens is 244 g/mol. The van der Waals surface area contributed by atoms with Gasteiger partial charge in [0.15, 0.2) is 5.78 Å². The van der Waals surface area contributed by atoms with Crippen LogP contribution >= 0.6 is 0 Å². The zero-order chi connectivity index (χ0) is 14.1. The summed E-state index contributed by atoms with van der Waals surface area (Å²) in [6.07, 6.45) is 0. The van der Waals surface area contributed by atoms with Crippen molar-refractivity contribution < 1.29 is 4.79 Å². The molecule has 0 aliphatic rings. The first-order valence-electron chi connectivity index (χ1n) is 6.77. The van der Waals surface area contributed by atoms with E-state index in [0.717, 1.165) is 27.5 Å². The van der Waals surface area contributed by atoms with Crippen LogP contribution in [0.1, 0.15) is 27.0 Å². The molecule has 0 saturated heterocycles. The Kier molecular flexibility index (Phi) is 3.11. The van der Waals surface area contributed by atoms with Crippen molar-refractivity contribution in [1.82, 2.24) is 0 Å². The molecule has 0 atom stereocenters. The van der Waals surface area contributed by atoms with E-state index in [9.17, 15) is 4.79 Å². The smallest absolute Gasteiger partial charge is 0.193 e. The van der Waals surface area contributed by atoms with Crippen LogP contribution in [0.25, 0.3) is 10.8 Å². The van der Waals surface area contributed by atoms with E-state index in [1.54, 1.807) is 0 Å². The first-order chi connectivity index (χ1) is 9.68. The predicted octanol–water partition coefficient (Wildman–Crippen LogP) is 4.69. The van der Waals surface area contributed by atoms with E-state index in [4.69, 9.17) is 0 Å². The first-order valence-corrected chi connectivity index (χ1v) is 6.77. The quantitative estimate of drug-likeness (QED) is 0.611. The molecule has 0 radical (unpaired) electrons. The zero-order valence-electron chi connectivity index (χ0n) is 11.7. The molecule has 3 rings (SSSR count). The van der Waals surface area contributed by atoms with Gasteiger partial charge in [-0.15, -0.1) is 0 Å². The summed E-state index contributed by atoms with van der Waals surface area (Å²) in [6.45, 7) is 4.10. The van der Waals surface area contributed by atoms with Crippen molar-refractivity contribution in [2.24, 2.45) is 0 Å². The normalized spacial score (nSPS) is 10.7. The maximum atomic E-state index is 12.8. The van der Waals surface area contributed by atoms with Crippen molar-refractivity contribution in [2.75, 3.05) is 0 Å². The van der Waals surface area contributed by atoms with E-state index < -0.39 is 0 Å². The number of carbonyl (C=O) groups is 1. The maximum Gasteiger partial charge on any atom is 0.193 e. The van der Waals surface area contributed by atoms with Crippen LogP contribution in [-0.2, 0) is 0 Å². The Labute approximate surface area is 118 Å². The SMILES string of the molecule is Cc1cc(C)c2ccccc2c1C(=O)c1ccccc1. The summed E-state index contributed by atoms with van der Waals surface area (Å²) in [5.74, 6) is 0.0966. The number of hydrogen-bond acceptors (Lipinski definition) is 1. The second kappa shape index (κ2) is 4.93. The van der Waals surface area contributed by atoms with Crippen LogP contribution in [0, 0.1) is 13.8 Å². The second-order valence-electron chi connectivity index (χ2n) is 5.13. The summed E-state index contributed by atoms with van der Waals surface area (Å²) in [6, 6.07) is 19.7. The molecule has 20 heavy (non-hydrogen) atoms. The molecule has 1 heteroatoms. The molecule has 0 aromatic heterocycles. The standard InChI is InChI=1S/C19H16O/c1-13-12-14(2)18(17-11-7-6-10-16(13)17)19(20)15-8-4-3-5-9-15/h3-12H,1-2H3. The van der Waals surface area contributed by atoms with E-state index in [-0.39, 0.29) is 5.78 Å². The van der Waals surface area contributed by atoms with Crippen LogP contribution in [0.3, 0.4) is 0 Å². The highest BCUT2D eigenvalue weighted by Crippen LogP contribution is 2.27. The van der Waals surface area contributed by atoms with Crippen molar-refractivity contribution in [2.45, 2.75) is 13.8 Å². The van der Waals surface area contributed by atoms with Crippen molar-refractivity contribution >= 4 is 16.6 Å². The predicted molar refractivity (Wildman–Crippen MR) is 83.3 cm³/mol. The summed E-state index contributed by atoms with van der Waals surface area (Å²) in [7, 11) is 0. The van der Waals surface area contributed by atoms with Crippen molar-refractivity contribution in [1.29, 1.82) is 0 Å². The molecule has 0 N–H and O–H groups in total. The van der Waals surface area contributed by atoms with Crippen LogP contribution in [0.15, 0.2) is 60.7 Å². The number of rotatable bonds is 2. The Hall–Kier alpha value is -2.41. The highest BCUT2D eigenvalue weighted by atomic mass is 16.1. The van der Waals surface area contributed by atoms with Gasteiger partial charge in [0.05, 0.1) is 0 Å². The average Bonchev–Trinajstić information content (AvgIpc) is 2.48. The van der Waals surface area contributed by atoms with E-state index in [2.05, 4.69) is 19.1 Å². The largest absolute Gasteiger partial charge is 0.289 e. The van der Waals surface area contributed by atoms with Crippen molar-refractivity contribution in [3.63, 3.8) is 0 Å². The molecule has 0 amide bonds. The number of benzene rings is 3. The third-order valence-corrected chi connectivity index (χ3v) is 3.71. The van der Waals surface area contributed by atoms with Crippen LogP contribution < -0.4 is 0 Å². The minimum Gasteiger partial charge on any atom is -0.289 e. The average molecular weight is 260 g/mol. The van der Waals surface area contributed by atoms with Gasteiger partial charge in [-0.2, -0.15) is 0 Å². The number of aryl methyl sites for hydroxylation is 2. The molecule has 0 aliphatic carbocycles.